The normalized spacial score (nSPS) is 11.3. The van der Waals surface area contributed by atoms with Gasteiger partial charge in [0, 0.05) is 18.8 Å². The molecule has 0 atom stereocenters. The molecule has 0 spiro atoms. The smallest absolute Gasteiger partial charge is 0.267 e. The third-order valence-corrected chi connectivity index (χ3v) is 3.93. The van der Waals surface area contributed by atoms with E-state index >= 15 is 0 Å². The van der Waals surface area contributed by atoms with Crippen LogP contribution in [0.3, 0.4) is 0 Å². The maximum atomic E-state index is 13.6. The zero-order valence-electron chi connectivity index (χ0n) is 14.8. The SMILES string of the molecule is O=C(CNC(=O)c1ccc(F)cc1F)N=c1ccccn1Cc1ccccc1. The number of halogens is 2. The molecular weight excluding hydrogens is 364 g/mol. The molecule has 0 bridgehead atoms. The molecule has 3 aromatic rings. The van der Waals surface area contributed by atoms with Crippen molar-refractivity contribution in [3.05, 3.63) is 101 Å². The second-order valence-corrected chi connectivity index (χ2v) is 5.98. The van der Waals surface area contributed by atoms with Gasteiger partial charge in [-0.05, 0) is 29.8 Å². The summed E-state index contributed by atoms with van der Waals surface area (Å²) in [5, 5.41) is 2.29. The van der Waals surface area contributed by atoms with E-state index in [0.29, 0.717) is 18.1 Å². The molecule has 0 saturated heterocycles. The number of nitrogens with one attached hydrogen (secondary N) is 1. The second-order valence-electron chi connectivity index (χ2n) is 5.98. The maximum absolute atomic E-state index is 13.6. The minimum atomic E-state index is -0.995. The van der Waals surface area contributed by atoms with E-state index in [1.165, 1.54) is 0 Å². The summed E-state index contributed by atoms with van der Waals surface area (Å²) in [5.74, 6) is -3.19. The molecule has 3 rings (SSSR count). The van der Waals surface area contributed by atoms with Gasteiger partial charge >= 0.3 is 0 Å². The Kier molecular flexibility index (Phi) is 6.06. The van der Waals surface area contributed by atoms with Gasteiger partial charge in [0.05, 0.1) is 12.1 Å². The molecule has 2 aromatic carbocycles. The van der Waals surface area contributed by atoms with Crippen LogP contribution in [0.4, 0.5) is 8.78 Å². The maximum Gasteiger partial charge on any atom is 0.267 e. The minimum Gasteiger partial charge on any atom is -0.343 e. The largest absolute Gasteiger partial charge is 0.343 e. The lowest BCUT2D eigenvalue weighted by Crippen LogP contribution is -2.31. The van der Waals surface area contributed by atoms with Gasteiger partial charge in [-0.25, -0.2) is 8.78 Å². The first-order valence-electron chi connectivity index (χ1n) is 8.53. The molecular formula is C21H17F2N3O2. The number of benzene rings is 2. The molecule has 0 unspecified atom stereocenters. The molecule has 7 heteroatoms. The van der Waals surface area contributed by atoms with Crippen molar-refractivity contribution in [2.45, 2.75) is 6.54 Å². The number of carbonyl (C=O) groups is 2. The summed E-state index contributed by atoms with van der Waals surface area (Å²) < 4.78 is 28.3. The molecule has 28 heavy (non-hydrogen) atoms. The van der Waals surface area contributed by atoms with E-state index in [9.17, 15) is 18.4 Å². The summed E-state index contributed by atoms with van der Waals surface area (Å²) in [4.78, 5) is 28.1. The van der Waals surface area contributed by atoms with Crippen molar-refractivity contribution in [1.82, 2.24) is 9.88 Å². The highest BCUT2D eigenvalue weighted by molar-refractivity contribution is 5.96. The van der Waals surface area contributed by atoms with Crippen LogP contribution < -0.4 is 10.8 Å². The number of pyridine rings is 1. The van der Waals surface area contributed by atoms with Gasteiger partial charge in [-0.15, -0.1) is 0 Å². The van der Waals surface area contributed by atoms with E-state index in [1.807, 2.05) is 36.4 Å². The first kappa shape index (κ1) is 19.2. The predicted molar refractivity (Wildman–Crippen MR) is 99.2 cm³/mol. The van der Waals surface area contributed by atoms with Crippen molar-refractivity contribution < 1.29 is 18.4 Å². The number of carbonyl (C=O) groups excluding carboxylic acids is 2. The van der Waals surface area contributed by atoms with Gasteiger partial charge in [0.15, 0.2) is 0 Å². The Morgan fingerprint density at radius 3 is 2.46 bits per heavy atom. The van der Waals surface area contributed by atoms with Crippen LogP contribution in [0.5, 0.6) is 0 Å². The molecule has 1 heterocycles. The van der Waals surface area contributed by atoms with E-state index in [-0.39, 0.29) is 5.56 Å². The van der Waals surface area contributed by atoms with Crippen molar-refractivity contribution in [3.63, 3.8) is 0 Å². The Balaban J connectivity index is 1.70. The minimum absolute atomic E-state index is 0.340. The fourth-order valence-corrected chi connectivity index (χ4v) is 2.57. The molecule has 5 nitrogen and oxygen atoms in total. The second kappa shape index (κ2) is 8.85. The molecule has 0 aliphatic heterocycles. The summed E-state index contributed by atoms with van der Waals surface area (Å²) in [7, 11) is 0. The fourth-order valence-electron chi connectivity index (χ4n) is 2.57. The van der Waals surface area contributed by atoms with E-state index in [0.717, 1.165) is 17.7 Å². The molecule has 0 aliphatic rings. The van der Waals surface area contributed by atoms with E-state index in [2.05, 4.69) is 10.3 Å². The molecule has 0 fully saturated rings. The van der Waals surface area contributed by atoms with Crippen molar-refractivity contribution >= 4 is 11.8 Å². The van der Waals surface area contributed by atoms with Crippen molar-refractivity contribution in [2.24, 2.45) is 4.99 Å². The Hall–Kier alpha value is -3.61. The Labute approximate surface area is 160 Å². The van der Waals surface area contributed by atoms with Crippen LogP contribution in [0.1, 0.15) is 15.9 Å². The zero-order valence-corrected chi connectivity index (χ0v) is 14.8. The lowest BCUT2D eigenvalue weighted by molar-refractivity contribution is -0.117. The number of nitrogens with zero attached hydrogens (tertiary/aromatic N) is 2. The Morgan fingerprint density at radius 1 is 0.964 bits per heavy atom. The highest BCUT2D eigenvalue weighted by Gasteiger charge is 2.13. The fraction of sp³-hybridized carbons (Fsp3) is 0.0952. The highest BCUT2D eigenvalue weighted by Crippen LogP contribution is 2.09. The van der Waals surface area contributed by atoms with Gasteiger partial charge in [0.25, 0.3) is 11.8 Å². The highest BCUT2D eigenvalue weighted by atomic mass is 19.1. The van der Waals surface area contributed by atoms with Gasteiger partial charge in [-0.3, -0.25) is 9.59 Å². The van der Waals surface area contributed by atoms with Crippen molar-refractivity contribution in [3.8, 4) is 0 Å². The lowest BCUT2D eigenvalue weighted by Gasteiger charge is -2.07. The summed E-state index contributed by atoms with van der Waals surface area (Å²) >= 11 is 0. The third kappa shape index (κ3) is 4.97. The van der Waals surface area contributed by atoms with Gasteiger partial charge < -0.3 is 9.88 Å². The molecule has 0 saturated carbocycles. The third-order valence-electron chi connectivity index (χ3n) is 3.93. The van der Waals surface area contributed by atoms with Crippen LogP contribution in [0.25, 0.3) is 0 Å². The Morgan fingerprint density at radius 2 is 1.71 bits per heavy atom. The number of rotatable bonds is 5. The zero-order chi connectivity index (χ0) is 19.9. The first-order valence-corrected chi connectivity index (χ1v) is 8.53. The summed E-state index contributed by atoms with van der Waals surface area (Å²) in [6, 6.07) is 17.5. The van der Waals surface area contributed by atoms with E-state index in [1.54, 1.807) is 22.9 Å². The van der Waals surface area contributed by atoms with Crippen molar-refractivity contribution in [1.29, 1.82) is 0 Å². The summed E-state index contributed by atoms with van der Waals surface area (Å²) in [6.45, 7) is 0.122. The average Bonchev–Trinajstić information content (AvgIpc) is 2.68. The Bertz CT molecular complexity index is 1060. The van der Waals surface area contributed by atoms with Crippen LogP contribution in [-0.4, -0.2) is 22.9 Å². The summed E-state index contributed by atoms with van der Waals surface area (Å²) in [6.07, 6.45) is 1.80. The van der Waals surface area contributed by atoms with Gasteiger partial charge in [0.1, 0.15) is 17.1 Å². The number of amides is 2. The molecule has 2 amide bonds. The standard InChI is InChI=1S/C21H17F2N3O2/c22-16-9-10-17(18(23)12-16)21(28)24-13-20(27)25-19-8-4-5-11-26(19)14-15-6-2-1-3-7-15/h1-12H,13-14H2,(H,24,28). The van der Waals surface area contributed by atoms with Crippen LogP contribution in [0.2, 0.25) is 0 Å². The number of hydrogen-bond donors (Lipinski definition) is 1. The van der Waals surface area contributed by atoms with E-state index < -0.39 is 30.0 Å². The molecule has 0 aliphatic carbocycles. The van der Waals surface area contributed by atoms with Gasteiger partial charge in [0.2, 0.25) is 0 Å². The first-order chi connectivity index (χ1) is 13.5. The molecule has 1 N–H and O–H groups in total. The van der Waals surface area contributed by atoms with Gasteiger partial charge in [-0.2, -0.15) is 4.99 Å². The van der Waals surface area contributed by atoms with Crippen LogP contribution in [-0.2, 0) is 11.3 Å². The van der Waals surface area contributed by atoms with Crippen molar-refractivity contribution in [2.75, 3.05) is 6.54 Å². The van der Waals surface area contributed by atoms with Crippen LogP contribution in [0.15, 0.2) is 77.9 Å². The number of hydrogen-bond acceptors (Lipinski definition) is 2. The topological polar surface area (TPSA) is 63.5 Å². The quantitative estimate of drug-likeness (QED) is 0.739. The molecule has 1 aromatic heterocycles. The molecule has 0 radical (unpaired) electrons. The average molecular weight is 381 g/mol. The predicted octanol–water partition coefficient (Wildman–Crippen LogP) is 2.67. The van der Waals surface area contributed by atoms with Crippen LogP contribution >= 0.6 is 0 Å². The van der Waals surface area contributed by atoms with Gasteiger partial charge in [-0.1, -0.05) is 36.4 Å². The van der Waals surface area contributed by atoms with Crippen LogP contribution in [0, 0.1) is 11.6 Å². The van der Waals surface area contributed by atoms with E-state index in [4.69, 9.17) is 0 Å². The summed E-state index contributed by atoms with van der Waals surface area (Å²) in [5.41, 5.74) is 1.13. The monoisotopic (exact) mass is 381 g/mol. The molecule has 142 valence electrons. The lowest BCUT2D eigenvalue weighted by atomic mass is 10.2. The number of aromatic nitrogens is 1.